The van der Waals surface area contributed by atoms with E-state index in [1.54, 1.807) is 42.6 Å². The standard InChI is InChI=1S/C19H17NO5/c1-25-14-9-5-8-13-16(14)12(10-20-13)15(11-6-3-2-4-7-11)17(18(21)22)19(23)24/h2-10,15,17,20H,1H3,(H,21,22)(H,23,24)/t15-/m0/s1. The molecule has 3 N–H and O–H groups in total. The predicted octanol–water partition coefficient (Wildman–Crippen LogP) is 3.09. The number of carboxylic acid groups (broad SMARTS) is 2. The van der Waals surface area contributed by atoms with E-state index in [0.717, 1.165) is 5.52 Å². The monoisotopic (exact) mass is 339 g/mol. The van der Waals surface area contributed by atoms with Crippen LogP contribution >= 0.6 is 0 Å². The van der Waals surface area contributed by atoms with E-state index in [0.29, 0.717) is 22.3 Å². The van der Waals surface area contributed by atoms with Crippen LogP contribution < -0.4 is 4.74 Å². The summed E-state index contributed by atoms with van der Waals surface area (Å²) in [5, 5.41) is 19.8. The summed E-state index contributed by atoms with van der Waals surface area (Å²) in [4.78, 5) is 26.5. The molecule has 0 saturated carbocycles. The Balaban J connectivity index is 2.29. The third-order valence-electron chi connectivity index (χ3n) is 4.28. The van der Waals surface area contributed by atoms with Crippen LogP contribution in [0.4, 0.5) is 0 Å². The number of rotatable bonds is 6. The third-order valence-corrected chi connectivity index (χ3v) is 4.28. The molecule has 128 valence electrons. The van der Waals surface area contributed by atoms with Gasteiger partial charge in [-0.05, 0) is 23.3 Å². The fourth-order valence-corrected chi connectivity index (χ4v) is 3.19. The van der Waals surface area contributed by atoms with Crippen molar-refractivity contribution in [1.29, 1.82) is 0 Å². The number of benzene rings is 2. The summed E-state index contributed by atoms with van der Waals surface area (Å²) < 4.78 is 5.40. The average Bonchev–Trinajstić information content (AvgIpc) is 3.03. The van der Waals surface area contributed by atoms with Crippen LogP contribution in [-0.2, 0) is 9.59 Å². The highest BCUT2D eigenvalue weighted by molar-refractivity contribution is 5.97. The van der Waals surface area contributed by atoms with Crippen molar-refractivity contribution in [3.8, 4) is 5.75 Å². The second-order valence-electron chi connectivity index (χ2n) is 5.67. The van der Waals surface area contributed by atoms with Gasteiger partial charge in [0.25, 0.3) is 0 Å². The van der Waals surface area contributed by atoms with E-state index in [1.165, 1.54) is 7.11 Å². The molecule has 0 spiro atoms. The van der Waals surface area contributed by atoms with Gasteiger partial charge >= 0.3 is 11.9 Å². The molecule has 0 radical (unpaired) electrons. The SMILES string of the molecule is COc1cccc2[nH]cc([C@H](c3ccccc3)C(C(=O)O)C(=O)O)c12. The minimum Gasteiger partial charge on any atom is -0.496 e. The van der Waals surface area contributed by atoms with Crippen molar-refractivity contribution in [2.45, 2.75) is 5.92 Å². The second-order valence-corrected chi connectivity index (χ2v) is 5.67. The zero-order valence-electron chi connectivity index (χ0n) is 13.5. The lowest BCUT2D eigenvalue weighted by Gasteiger charge is -2.22. The van der Waals surface area contributed by atoms with Gasteiger partial charge in [0.15, 0.2) is 5.92 Å². The Hall–Kier alpha value is -3.28. The summed E-state index contributed by atoms with van der Waals surface area (Å²) in [6.07, 6.45) is 1.66. The Kier molecular flexibility index (Phi) is 4.43. The van der Waals surface area contributed by atoms with E-state index in [2.05, 4.69) is 4.98 Å². The van der Waals surface area contributed by atoms with Crippen LogP contribution in [0.15, 0.2) is 54.7 Å². The smallest absolute Gasteiger partial charge is 0.318 e. The summed E-state index contributed by atoms with van der Waals surface area (Å²) in [6.45, 7) is 0. The third kappa shape index (κ3) is 2.94. The molecular weight excluding hydrogens is 322 g/mol. The maximum Gasteiger partial charge on any atom is 0.318 e. The van der Waals surface area contributed by atoms with E-state index in [4.69, 9.17) is 4.74 Å². The van der Waals surface area contributed by atoms with Crippen molar-refractivity contribution < 1.29 is 24.5 Å². The number of H-pyrrole nitrogens is 1. The number of hydrogen-bond acceptors (Lipinski definition) is 3. The van der Waals surface area contributed by atoms with Crippen LogP contribution in [0.2, 0.25) is 0 Å². The van der Waals surface area contributed by atoms with Gasteiger partial charge in [0.2, 0.25) is 0 Å². The number of fused-ring (bicyclic) bond motifs is 1. The molecule has 0 aliphatic carbocycles. The maximum atomic E-state index is 11.7. The van der Waals surface area contributed by atoms with Gasteiger partial charge in [0.1, 0.15) is 5.75 Å². The Labute approximate surface area is 143 Å². The molecule has 0 amide bonds. The van der Waals surface area contributed by atoms with Gasteiger partial charge in [0, 0.05) is 23.0 Å². The molecule has 6 nitrogen and oxygen atoms in total. The lowest BCUT2D eigenvalue weighted by molar-refractivity contribution is -0.155. The Morgan fingerprint density at radius 2 is 1.68 bits per heavy atom. The van der Waals surface area contributed by atoms with Gasteiger partial charge in [-0.2, -0.15) is 0 Å². The molecule has 0 bridgehead atoms. The van der Waals surface area contributed by atoms with Gasteiger partial charge < -0.3 is 19.9 Å². The highest BCUT2D eigenvalue weighted by Crippen LogP contribution is 2.40. The van der Waals surface area contributed by atoms with Crippen molar-refractivity contribution in [2.24, 2.45) is 5.92 Å². The van der Waals surface area contributed by atoms with Crippen molar-refractivity contribution in [2.75, 3.05) is 7.11 Å². The van der Waals surface area contributed by atoms with Gasteiger partial charge in [-0.15, -0.1) is 0 Å². The van der Waals surface area contributed by atoms with E-state index >= 15 is 0 Å². The number of aromatic nitrogens is 1. The summed E-state index contributed by atoms with van der Waals surface area (Å²) in [6, 6.07) is 14.2. The Bertz CT molecular complexity index is 902. The first-order valence-electron chi connectivity index (χ1n) is 7.69. The van der Waals surface area contributed by atoms with Crippen molar-refractivity contribution >= 4 is 22.8 Å². The van der Waals surface area contributed by atoms with Crippen LogP contribution in [0.1, 0.15) is 17.0 Å². The first-order valence-corrected chi connectivity index (χ1v) is 7.69. The molecule has 0 aliphatic rings. The van der Waals surface area contributed by atoms with E-state index in [-0.39, 0.29) is 0 Å². The van der Waals surface area contributed by atoms with Crippen LogP contribution in [-0.4, -0.2) is 34.2 Å². The lowest BCUT2D eigenvalue weighted by Crippen LogP contribution is -2.30. The first-order chi connectivity index (χ1) is 12.0. The maximum absolute atomic E-state index is 11.7. The minimum atomic E-state index is -1.62. The van der Waals surface area contributed by atoms with Gasteiger partial charge in [0.05, 0.1) is 7.11 Å². The van der Waals surface area contributed by atoms with E-state index in [9.17, 15) is 19.8 Å². The number of ether oxygens (including phenoxy) is 1. The fourth-order valence-electron chi connectivity index (χ4n) is 3.19. The zero-order chi connectivity index (χ0) is 18.0. The number of carboxylic acids is 2. The number of carbonyl (C=O) groups is 2. The van der Waals surface area contributed by atoms with Crippen LogP contribution in [0.25, 0.3) is 10.9 Å². The van der Waals surface area contributed by atoms with Crippen LogP contribution in [0.3, 0.4) is 0 Å². The van der Waals surface area contributed by atoms with Crippen LogP contribution in [0.5, 0.6) is 5.75 Å². The molecule has 3 aromatic rings. The summed E-state index contributed by atoms with van der Waals surface area (Å²) in [5.74, 6) is -4.69. The molecule has 0 fully saturated rings. The second kappa shape index (κ2) is 6.68. The Morgan fingerprint density at radius 1 is 1.00 bits per heavy atom. The normalized spacial score (nSPS) is 12.2. The molecule has 2 aromatic carbocycles. The quantitative estimate of drug-likeness (QED) is 0.599. The predicted molar refractivity (Wildman–Crippen MR) is 91.9 cm³/mol. The van der Waals surface area contributed by atoms with Gasteiger partial charge in [-0.3, -0.25) is 9.59 Å². The molecule has 1 heterocycles. The molecule has 1 atom stereocenters. The van der Waals surface area contributed by atoms with Crippen molar-refractivity contribution in [3.63, 3.8) is 0 Å². The van der Waals surface area contributed by atoms with Crippen molar-refractivity contribution in [1.82, 2.24) is 4.98 Å². The molecule has 25 heavy (non-hydrogen) atoms. The fraction of sp³-hybridized carbons (Fsp3) is 0.158. The van der Waals surface area contributed by atoms with Crippen molar-refractivity contribution in [3.05, 3.63) is 65.9 Å². The summed E-state index contributed by atoms with van der Waals surface area (Å²) >= 11 is 0. The Morgan fingerprint density at radius 3 is 2.28 bits per heavy atom. The number of aromatic amines is 1. The highest BCUT2D eigenvalue weighted by Gasteiger charge is 2.38. The molecule has 0 unspecified atom stereocenters. The number of methoxy groups -OCH3 is 1. The highest BCUT2D eigenvalue weighted by atomic mass is 16.5. The topological polar surface area (TPSA) is 99.6 Å². The number of aliphatic carboxylic acids is 2. The van der Waals surface area contributed by atoms with Crippen LogP contribution in [0, 0.1) is 5.92 Å². The first kappa shape index (κ1) is 16.6. The zero-order valence-corrected chi connectivity index (χ0v) is 13.5. The summed E-state index contributed by atoms with van der Waals surface area (Å²) in [5.41, 5.74) is 1.95. The number of hydrogen-bond donors (Lipinski definition) is 3. The lowest BCUT2D eigenvalue weighted by atomic mass is 9.80. The molecule has 0 saturated heterocycles. The molecule has 1 aromatic heterocycles. The average molecular weight is 339 g/mol. The summed E-state index contributed by atoms with van der Waals surface area (Å²) in [7, 11) is 1.52. The molecule has 6 heteroatoms. The largest absolute Gasteiger partial charge is 0.496 e. The molecule has 3 rings (SSSR count). The van der Waals surface area contributed by atoms with E-state index < -0.39 is 23.8 Å². The molecular formula is C19H17NO5. The van der Waals surface area contributed by atoms with Gasteiger partial charge in [-0.25, -0.2) is 0 Å². The van der Waals surface area contributed by atoms with Gasteiger partial charge in [-0.1, -0.05) is 36.4 Å². The molecule has 0 aliphatic heterocycles. The number of nitrogens with one attached hydrogen (secondary N) is 1. The minimum absolute atomic E-state index is 0.559. The van der Waals surface area contributed by atoms with E-state index in [1.807, 2.05) is 12.1 Å².